The molecule has 212 valence electrons. The van der Waals surface area contributed by atoms with Crippen LogP contribution in [0.4, 0.5) is 0 Å². The number of esters is 3. The van der Waals surface area contributed by atoms with Gasteiger partial charge in [0.1, 0.15) is 18.8 Å². The van der Waals surface area contributed by atoms with E-state index in [0.29, 0.717) is 0 Å². The van der Waals surface area contributed by atoms with Crippen molar-refractivity contribution in [1.29, 1.82) is 0 Å². The molecular weight excluding hydrogens is 531 g/mol. The van der Waals surface area contributed by atoms with Crippen LogP contribution in [0, 0.1) is 0 Å². The molecule has 0 aromatic carbocycles. The van der Waals surface area contributed by atoms with E-state index in [4.69, 9.17) is 38.3 Å². The van der Waals surface area contributed by atoms with Crippen LogP contribution < -0.4 is 5.73 Å². The average Bonchev–Trinajstić information content (AvgIpc) is 3.04. The van der Waals surface area contributed by atoms with Gasteiger partial charge in [0.25, 0.3) is 0 Å². The summed E-state index contributed by atoms with van der Waals surface area (Å²) >= 11 is 0. The van der Waals surface area contributed by atoms with Gasteiger partial charge in [-0.05, 0) is 26.8 Å². The van der Waals surface area contributed by atoms with Crippen molar-refractivity contribution in [3.05, 3.63) is 12.3 Å². The van der Waals surface area contributed by atoms with Crippen LogP contribution in [0.1, 0.15) is 41.0 Å². The molecule has 2 N–H and O–H groups in total. The first-order chi connectivity index (χ1) is 17.6. The minimum absolute atomic E-state index is 0.309. The number of phosphoric ester groups is 1. The van der Waals surface area contributed by atoms with Crippen molar-refractivity contribution in [3.8, 4) is 0 Å². The lowest BCUT2D eigenvalue weighted by Gasteiger charge is -2.38. The SMILES string of the molecule is CC(=O)O[C@H](C(=O)OC(C)C)[C@@H](CO[P@@]1(=O)OC[C@H]2O[C@@H](N3C=CC(=O)CC3=O)[C@](C)(N)[C@@H]2O1)OC(C)=O. The maximum absolute atomic E-state index is 13.4. The first-order valence-corrected chi connectivity index (χ1v) is 13.2. The Labute approximate surface area is 218 Å². The fourth-order valence-corrected chi connectivity index (χ4v) is 5.57. The Hall–Kier alpha value is -2.68. The quantitative estimate of drug-likeness (QED) is 0.172. The molecule has 1 amide bonds. The molecule has 16 heteroatoms. The smallest absolute Gasteiger partial charge is 0.460 e. The van der Waals surface area contributed by atoms with Crippen molar-refractivity contribution in [2.75, 3.05) is 13.2 Å². The molecule has 38 heavy (non-hydrogen) atoms. The summed E-state index contributed by atoms with van der Waals surface area (Å²) in [4.78, 5) is 60.9. The summed E-state index contributed by atoms with van der Waals surface area (Å²) in [6, 6.07) is 0. The number of hydrogen-bond donors (Lipinski definition) is 1. The molecule has 3 aliphatic heterocycles. The van der Waals surface area contributed by atoms with E-state index in [2.05, 4.69) is 0 Å². The highest BCUT2D eigenvalue weighted by Gasteiger charge is 2.60. The summed E-state index contributed by atoms with van der Waals surface area (Å²) in [7, 11) is -4.40. The molecule has 3 heterocycles. The Morgan fingerprint density at radius 2 is 1.84 bits per heavy atom. The van der Waals surface area contributed by atoms with Gasteiger partial charge in [-0.1, -0.05) is 0 Å². The lowest BCUT2D eigenvalue weighted by Crippen LogP contribution is -2.60. The van der Waals surface area contributed by atoms with E-state index in [1.54, 1.807) is 13.8 Å². The number of ether oxygens (including phenoxy) is 4. The van der Waals surface area contributed by atoms with Gasteiger partial charge >= 0.3 is 25.7 Å². The molecule has 0 aromatic heterocycles. The molecule has 2 saturated heterocycles. The molecule has 0 radical (unpaired) electrons. The number of carbonyl (C=O) groups is 5. The summed E-state index contributed by atoms with van der Waals surface area (Å²) in [5, 5.41) is 0. The number of nitrogens with zero attached hydrogens (tertiary/aromatic N) is 1. The number of fused-ring (bicyclic) bond motifs is 1. The van der Waals surface area contributed by atoms with Gasteiger partial charge < -0.3 is 24.7 Å². The van der Waals surface area contributed by atoms with Crippen molar-refractivity contribution in [3.63, 3.8) is 0 Å². The highest BCUT2D eigenvalue weighted by molar-refractivity contribution is 7.48. The summed E-state index contributed by atoms with van der Waals surface area (Å²) in [6.07, 6.45) is -4.78. The standard InChI is InChI=1S/C22H31N2O13P/c1-11(2)33-20(29)18(35-13(4)26)15(34-12(3)25)9-31-38(30)32-10-16-19(37-38)22(5,23)21(36-16)24-7-6-14(27)8-17(24)28/h6-7,11,15-16,18-19,21H,8-10,23H2,1-5H3/t15-,16-,18+,19-,21-,22-,38+/m1/s1. The fourth-order valence-electron chi connectivity index (χ4n) is 4.07. The largest absolute Gasteiger partial charge is 0.475 e. The number of phosphoric acid groups is 1. The Kier molecular flexibility index (Phi) is 9.12. The normalized spacial score (nSPS) is 32.5. The molecule has 3 aliphatic rings. The summed E-state index contributed by atoms with van der Waals surface area (Å²) in [5.41, 5.74) is 5.03. The Morgan fingerprint density at radius 3 is 2.42 bits per heavy atom. The Bertz CT molecular complexity index is 1060. The van der Waals surface area contributed by atoms with Gasteiger partial charge in [0, 0.05) is 20.0 Å². The third-order valence-corrected chi connectivity index (χ3v) is 7.06. The molecule has 2 fully saturated rings. The number of allylic oxidation sites excluding steroid dienone is 1. The molecule has 0 aromatic rings. The molecular formula is C22H31N2O13P. The van der Waals surface area contributed by atoms with Gasteiger partial charge in [-0.2, -0.15) is 0 Å². The fraction of sp³-hybridized carbons (Fsp3) is 0.682. The molecule has 0 unspecified atom stereocenters. The average molecular weight is 562 g/mol. The van der Waals surface area contributed by atoms with E-state index >= 15 is 0 Å². The van der Waals surface area contributed by atoms with Crippen LogP contribution in [0.15, 0.2) is 12.3 Å². The predicted molar refractivity (Wildman–Crippen MR) is 124 cm³/mol. The molecule has 7 atom stereocenters. The van der Waals surface area contributed by atoms with Crippen LogP contribution in [-0.4, -0.2) is 90.0 Å². The molecule has 15 nitrogen and oxygen atoms in total. The van der Waals surface area contributed by atoms with Gasteiger partial charge in [0.2, 0.25) is 12.0 Å². The first kappa shape index (κ1) is 29.9. The van der Waals surface area contributed by atoms with E-state index in [-0.39, 0.29) is 18.8 Å². The zero-order valence-electron chi connectivity index (χ0n) is 21.5. The van der Waals surface area contributed by atoms with Gasteiger partial charge in [-0.3, -0.25) is 37.6 Å². The number of ketones is 1. The maximum atomic E-state index is 13.4. The molecule has 0 bridgehead atoms. The summed E-state index contributed by atoms with van der Waals surface area (Å²) in [6.45, 7) is 5.65. The van der Waals surface area contributed by atoms with E-state index < -0.39 is 80.5 Å². The van der Waals surface area contributed by atoms with Crippen molar-refractivity contribution in [1.82, 2.24) is 4.90 Å². The van der Waals surface area contributed by atoms with E-state index in [1.807, 2.05) is 0 Å². The number of nitrogens with two attached hydrogens (primary N) is 1. The van der Waals surface area contributed by atoms with E-state index in [0.717, 1.165) is 18.7 Å². The van der Waals surface area contributed by atoms with Crippen LogP contribution in [0.25, 0.3) is 0 Å². The van der Waals surface area contributed by atoms with Gasteiger partial charge in [0.15, 0.2) is 18.1 Å². The highest BCUT2D eigenvalue weighted by atomic mass is 31.2. The third kappa shape index (κ3) is 6.84. The minimum atomic E-state index is -4.40. The van der Waals surface area contributed by atoms with Crippen LogP contribution in [0.5, 0.6) is 0 Å². The summed E-state index contributed by atoms with van der Waals surface area (Å²) < 4.78 is 50.6. The number of amides is 1. The zero-order chi connectivity index (χ0) is 28.4. The van der Waals surface area contributed by atoms with Gasteiger partial charge in [-0.15, -0.1) is 0 Å². The Balaban J connectivity index is 1.76. The van der Waals surface area contributed by atoms with Gasteiger partial charge in [-0.25, -0.2) is 9.36 Å². The van der Waals surface area contributed by atoms with Crippen molar-refractivity contribution >= 4 is 37.4 Å². The van der Waals surface area contributed by atoms with Crippen molar-refractivity contribution < 1.29 is 61.1 Å². The van der Waals surface area contributed by atoms with Gasteiger partial charge in [0.05, 0.1) is 24.7 Å². The van der Waals surface area contributed by atoms with Crippen molar-refractivity contribution in [2.45, 2.75) is 83.3 Å². The minimum Gasteiger partial charge on any atom is -0.460 e. The second kappa shape index (κ2) is 11.6. The van der Waals surface area contributed by atoms with E-state index in [9.17, 15) is 28.5 Å². The number of rotatable bonds is 9. The third-order valence-electron chi connectivity index (χ3n) is 5.64. The molecule has 3 rings (SSSR count). The molecule has 0 aliphatic carbocycles. The van der Waals surface area contributed by atoms with E-state index in [1.165, 1.54) is 19.2 Å². The van der Waals surface area contributed by atoms with Crippen LogP contribution >= 0.6 is 7.82 Å². The lowest BCUT2D eigenvalue weighted by molar-refractivity contribution is -0.185. The molecule has 0 saturated carbocycles. The summed E-state index contributed by atoms with van der Waals surface area (Å²) in [5.74, 6) is -3.65. The second-order valence-corrected chi connectivity index (χ2v) is 11.0. The number of hydrogen-bond acceptors (Lipinski definition) is 14. The topological polar surface area (TPSA) is 196 Å². The van der Waals surface area contributed by atoms with Crippen LogP contribution in [0.2, 0.25) is 0 Å². The lowest BCUT2D eigenvalue weighted by atomic mass is 9.92. The Morgan fingerprint density at radius 1 is 1.18 bits per heavy atom. The van der Waals surface area contributed by atoms with Crippen LogP contribution in [-0.2, 0) is 61.1 Å². The zero-order valence-corrected chi connectivity index (χ0v) is 22.4. The highest BCUT2D eigenvalue weighted by Crippen LogP contribution is 2.57. The first-order valence-electron chi connectivity index (χ1n) is 11.7. The predicted octanol–water partition coefficient (Wildman–Crippen LogP) is 0.0989. The molecule has 0 spiro atoms. The maximum Gasteiger partial charge on any atom is 0.475 e. The van der Waals surface area contributed by atoms with Crippen LogP contribution in [0.3, 0.4) is 0 Å². The monoisotopic (exact) mass is 562 g/mol. The second-order valence-electron chi connectivity index (χ2n) is 9.38. The number of carbonyl (C=O) groups excluding carboxylic acids is 5. The van der Waals surface area contributed by atoms with Crippen molar-refractivity contribution in [2.24, 2.45) is 5.73 Å².